The van der Waals surface area contributed by atoms with Crippen LogP contribution in [0.25, 0.3) is 21.9 Å². The van der Waals surface area contributed by atoms with Gasteiger partial charge in [0.2, 0.25) is 0 Å². The first-order valence-electron chi connectivity index (χ1n) is 20.0. The molecular formula is C52H49N3Si2. The first kappa shape index (κ1) is 36.5. The highest BCUT2D eigenvalue weighted by Crippen LogP contribution is 2.54. The summed E-state index contributed by atoms with van der Waals surface area (Å²) in [7, 11) is -2.92. The van der Waals surface area contributed by atoms with Gasteiger partial charge in [-0.15, -0.1) is 0 Å². The van der Waals surface area contributed by atoms with Crippen LogP contribution >= 0.6 is 0 Å². The van der Waals surface area contributed by atoms with Gasteiger partial charge in [-0.2, -0.15) is 0 Å². The summed E-state index contributed by atoms with van der Waals surface area (Å²) in [4.78, 5) is 7.28. The number of anilines is 9. The van der Waals surface area contributed by atoms with Gasteiger partial charge in [0.15, 0.2) is 0 Å². The smallest absolute Gasteiger partial charge is 0.0775 e. The molecule has 1 heterocycles. The first-order chi connectivity index (χ1) is 27.6. The summed E-state index contributed by atoms with van der Waals surface area (Å²) in [5, 5.41) is 5.38. The summed E-state index contributed by atoms with van der Waals surface area (Å²) in [6.45, 7) is 14.5. The van der Waals surface area contributed by atoms with Crippen molar-refractivity contribution in [2.24, 2.45) is 0 Å². The van der Waals surface area contributed by atoms with Crippen molar-refractivity contribution >= 4 is 88.5 Å². The van der Waals surface area contributed by atoms with Gasteiger partial charge in [0.1, 0.15) is 0 Å². The zero-order chi connectivity index (χ0) is 39.3. The fraction of sp³-hybridized carbons (Fsp3) is 0.115. The molecule has 280 valence electrons. The molecule has 1 aliphatic rings. The lowest BCUT2D eigenvalue weighted by molar-refractivity contribution is 1.25. The Labute approximate surface area is 340 Å². The zero-order valence-corrected chi connectivity index (χ0v) is 35.7. The Morgan fingerprint density at radius 3 is 1.40 bits per heavy atom. The standard InChI is InChI=1S/C52H49N3Si2/c1-56(2,3)44-30-25-41(26-31-44)53(38-17-10-7-11-18-38)43-29-34-46-47-35-36-49(54(39-19-12-8-13-20-39)42-27-32-45(33-28-42)57(4,5)6)48-23-16-24-50(52(47)48)55(51(46)37-43)40-21-14-9-15-22-40/h7-37H,1-6H3. The lowest BCUT2D eigenvalue weighted by atomic mass is 9.89. The second kappa shape index (κ2) is 14.4. The molecule has 0 saturated carbocycles. The Morgan fingerprint density at radius 1 is 0.368 bits per heavy atom. The topological polar surface area (TPSA) is 9.72 Å². The van der Waals surface area contributed by atoms with Crippen LogP contribution in [0.3, 0.4) is 0 Å². The molecule has 0 radical (unpaired) electrons. The van der Waals surface area contributed by atoms with Crippen LogP contribution in [0.15, 0.2) is 188 Å². The van der Waals surface area contributed by atoms with Gasteiger partial charge < -0.3 is 14.7 Å². The molecule has 0 amide bonds. The summed E-state index contributed by atoms with van der Waals surface area (Å²) >= 11 is 0. The van der Waals surface area contributed by atoms with Crippen molar-refractivity contribution in [3.8, 4) is 11.1 Å². The van der Waals surface area contributed by atoms with E-state index >= 15 is 0 Å². The minimum atomic E-state index is -1.46. The van der Waals surface area contributed by atoms with Crippen molar-refractivity contribution in [1.82, 2.24) is 0 Å². The highest BCUT2D eigenvalue weighted by molar-refractivity contribution is 6.89. The fourth-order valence-corrected chi connectivity index (χ4v) is 10.6. The van der Waals surface area contributed by atoms with Gasteiger partial charge >= 0.3 is 0 Å². The van der Waals surface area contributed by atoms with Crippen LogP contribution < -0.4 is 25.1 Å². The first-order valence-corrected chi connectivity index (χ1v) is 27.0. The maximum atomic E-state index is 2.46. The van der Waals surface area contributed by atoms with E-state index in [9.17, 15) is 0 Å². The van der Waals surface area contributed by atoms with Gasteiger partial charge in [0.05, 0.1) is 33.2 Å². The molecule has 57 heavy (non-hydrogen) atoms. The van der Waals surface area contributed by atoms with E-state index < -0.39 is 16.1 Å². The monoisotopic (exact) mass is 771 g/mol. The van der Waals surface area contributed by atoms with Crippen molar-refractivity contribution in [2.45, 2.75) is 39.3 Å². The van der Waals surface area contributed by atoms with E-state index in [1.807, 2.05) is 0 Å². The number of para-hydroxylation sites is 3. The van der Waals surface area contributed by atoms with E-state index in [-0.39, 0.29) is 0 Å². The van der Waals surface area contributed by atoms with Crippen LogP contribution in [0.5, 0.6) is 0 Å². The molecule has 8 aromatic rings. The Hall–Kier alpha value is -6.15. The van der Waals surface area contributed by atoms with Crippen LogP contribution in [0.1, 0.15) is 0 Å². The van der Waals surface area contributed by atoms with Crippen LogP contribution in [-0.2, 0) is 0 Å². The summed E-state index contributed by atoms with van der Waals surface area (Å²) in [6.07, 6.45) is 0. The van der Waals surface area contributed by atoms with Gasteiger partial charge in [0.25, 0.3) is 0 Å². The Morgan fingerprint density at radius 2 is 0.842 bits per heavy atom. The number of hydrogen-bond acceptors (Lipinski definition) is 3. The molecule has 0 unspecified atom stereocenters. The van der Waals surface area contributed by atoms with Crippen molar-refractivity contribution in [1.29, 1.82) is 0 Å². The number of nitrogens with zero attached hydrogens (tertiary/aromatic N) is 3. The molecule has 0 aliphatic carbocycles. The molecule has 0 N–H and O–H groups in total. The summed E-state index contributed by atoms with van der Waals surface area (Å²) in [5.74, 6) is 0. The third-order valence-corrected chi connectivity index (χ3v) is 15.4. The number of fused-ring (bicyclic) bond motifs is 2. The number of hydrogen-bond donors (Lipinski definition) is 0. The van der Waals surface area contributed by atoms with Gasteiger partial charge in [-0.1, -0.05) is 153 Å². The highest BCUT2D eigenvalue weighted by Gasteiger charge is 2.30. The predicted octanol–water partition coefficient (Wildman–Crippen LogP) is 14.3. The molecule has 0 bridgehead atoms. The minimum absolute atomic E-state index is 1.12. The molecule has 9 rings (SSSR count). The lowest BCUT2D eigenvalue weighted by Crippen LogP contribution is -2.37. The largest absolute Gasteiger partial charge is 0.310 e. The minimum Gasteiger partial charge on any atom is -0.310 e. The van der Waals surface area contributed by atoms with Crippen LogP contribution in [0, 0.1) is 0 Å². The van der Waals surface area contributed by atoms with E-state index in [0.29, 0.717) is 0 Å². The Balaban J connectivity index is 1.25. The Bertz CT molecular complexity index is 2680. The van der Waals surface area contributed by atoms with E-state index in [2.05, 4.69) is 242 Å². The second-order valence-electron chi connectivity index (χ2n) is 17.1. The van der Waals surface area contributed by atoms with E-state index in [4.69, 9.17) is 0 Å². The van der Waals surface area contributed by atoms with Crippen molar-refractivity contribution in [2.75, 3.05) is 14.7 Å². The molecule has 5 heteroatoms. The SMILES string of the molecule is C[Si](C)(C)c1ccc(N(c2ccccc2)c2ccc3c(c2)N(c2ccccc2)c2cccc4c(N(c5ccccc5)c5ccc([Si](C)(C)C)cc5)ccc-3c24)cc1. The maximum absolute atomic E-state index is 2.46. The third kappa shape index (κ3) is 6.77. The highest BCUT2D eigenvalue weighted by atomic mass is 28.3. The van der Waals surface area contributed by atoms with Crippen LogP contribution in [-0.4, -0.2) is 16.1 Å². The van der Waals surface area contributed by atoms with E-state index in [0.717, 1.165) is 45.5 Å². The third-order valence-electron chi connectivity index (χ3n) is 11.3. The van der Waals surface area contributed by atoms with Crippen molar-refractivity contribution in [3.63, 3.8) is 0 Å². The number of benzene rings is 8. The lowest BCUT2D eigenvalue weighted by Gasteiger charge is -2.36. The van der Waals surface area contributed by atoms with Gasteiger partial charge in [-0.25, -0.2) is 0 Å². The van der Waals surface area contributed by atoms with Crippen molar-refractivity contribution in [3.05, 3.63) is 188 Å². The van der Waals surface area contributed by atoms with Crippen LogP contribution in [0.2, 0.25) is 39.3 Å². The molecule has 0 saturated heterocycles. The zero-order valence-electron chi connectivity index (χ0n) is 33.7. The quantitative estimate of drug-likeness (QED) is 0.135. The second-order valence-corrected chi connectivity index (χ2v) is 27.3. The van der Waals surface area contributed by atoms with E-state index in [1.54, 1.807) is 0 Å². The van der Waals surface area contributed by atoms with Crippen molar-refractivity contribution < 1.29 is 0 Å². The molecule has 0 aromatic heterocycles. The molecule has 3 nitrogen and oxygen atoms in total. The normalized spacial score (nSPS) is 12.4. The molecular weight excluding hydrogens is 723 g/mol. The summed E-state index contributed by atoms with van der Waals surface area (Å²) in [5.41, 5.74) is 12.8. The molecule has 8 aromatic carbocycles. The molecule has 0 fully saturated rings. The summed E-state index contributed by atoms with van der Waals surface area (Å²) < 4.78 is 0. The molecule has 0 atom stereocenters. The fourth-order valence-electron chi connectivity index (χ4n) is 8.28. The van der Waals surface area contributed by atoms with E-state index in [1.165, 1.54) is 38.0 Å². The average molecular weight is 772 g/mol. The molecule has 1 aliphatic heterocycles. The van der Waals surface area contributed by atoms with Gasteiger partial charge in [0, 0.05) is 50.5 Å². The predicted molar refractivity (Wildman–Crippen MR) is 253 cm³/mol. The average Bonchev–Trinajstić information content (AvgIpc) is 3.22. The molecule has 0 spiro atoms. The van der Waals surface area contributed by atoms with Gasteiger partial charge in [-0.05, 0) is 90.5 Å². The number of rotatable bonds is 9. The summed E-state index contributed by atoms with van der Waals surface area (Å²) in [6, 6.07) is 69.4. The van der Waals surface area contributed by atoms with Crippen LogP contribution in [0.4, 0.5) is 51.2 Å². The van der Waals surface area contributed by atoms with Gasteiger partial charge in [-0.3, -0.25) is 0 Å². The maximum Gasteiger partial charge on any atom is 0.0775 e. The Kier molecular flexibility index (Phi) is 9.23.